The van der Waals surface area contributed by atoms with Gasteiger partial charge < -0.3 is 29.3 Å². The van der Waals surface area contributed by atoms with Crippen molar-refractivity contribution in [2.24, 2.45) is 0 Å². The topological polar surface area (TPSA) is 106 Å². The van der Waals surface area contributed by atoms with E-state index in [-0.39, 0.29) is 23.7 Å². The first kappa shape index (κ1) is 24.4. The number of aliphatic hydroxyl groups excluding tert-OH is 1. The largest absolute Gasteiger partial charge is 0.497 e. The van der Waals surface area contributed by atoms with Crippen LogP contribution in [0.1, 0.15) is 30.0 Å². The summed E-state index contributed by atoms with van der Waals surface area (Å²) in [6.45, 7) is 1.03. The highest BCUT2D eigenvalue weighted by Crippen LogP contribution is 2.33. The number of benzene rings is 3. The van der Waals surface area contributed by atoms with Crippen LogP contribution in [-0.4, -0.2) is 31.9 Å². The number of alkyl halides is 2. The number of aromatic nitrogens is 3. The van der Waals surface area contributed by atoms with Crippen molar-refractivity contribution < 1.29 is 28.1 Å². The summed E-state index contributed by atoms with van der Waals surface area (Å²) in [5.74, 6) is -1.67. The molecule has 0 saturated carbocycles. The number of aliphatic hydroxyl groups is 2. The van der Waals surface area contributed by atoms with E-state index in [9.17, 15) is 19.0 Å². The lowest BCUT2D eigenvalue weighted by Gasteiger charge is -2.18. The third kappa shape index (κ3) is 5.02. The second-order valence-electron chi connectivity index (χ2n) is 8.58. The van der Waals surface area contributed by atoms with E-state index in [2.05, 4.69) is 10.3 Å². The Hall–Kier alpha value is -4.28. The Kier molecular flexibility index (Phi) is 6.36. The lowest BCUT2D eigenvalue weighted by Crippen LogP contribution is -2.13. The van der Waals surface area contributed by atoms with Gasteiger partial charge in [-0.25, -0.2) is 18.7 Å². The summed E-state index contributed by atoms with van der Waals surface area (Å²) in [6, 6.07) is 19.0. The zero-order chi connectivity index (χ0) is 26.2. The molecule has 3 aromatic carbocycles. The van der Waals surface area contributed by atoms with Crippen molar-refractivity contribution in [3.63, 3.8) is 0 Å². The van der Waals surface area contributed by atoms with Crippen LogP contribution in [0.25, 0.3) is 22.5 Å². The molecule has 8 nitrogen and oxygen atoms in total. The average molecular weight is 507 g/mol. The van der Waals surface area contributed by atoms with Crippen LogP contribution >= 0.6 is 0 Å². The molecule has 0 aliphatic rings. The quantitative estimate of drug-likeness (QED) is 0.236. The molecule has 0 atom stereocenters. The predicted molar refractivity (Wildman–Crippen MR) is 134 cm³/mol. The maximum atomic E-state index is 14.4. The zero-order valence-corrected chi connectivity index (χ0v) is 20.0. The standard InChI is InChI=1S/C27H24F2N4O4/c1-27(28,29)20-6-4-3-5-17(20)14-33-23-12-7-16(24-31-22(15-37-24)25(34)35)13-21(23)32-26(33)30-18-8-10-19(36-2)11-9-18/h3-13,15,25,34-35H,14H2,1-2H3,(H,30,32). The van der Waals surface area contributed by atoms with Gasteiger partial charge in [-0.2, -0.15) is 0 Å². The molecule has 37 heavy (non-hydrogen) atoms. The third-order valence-corrected chi connectivity index (χ3v) is 5.95. The maximum absolute atomic E-state index is 14.4. The van der Waals surface area contributed by atoms with E-state index in [4.69, 9.17) is 14.1 Å². The zero-order valence-electron chi connectivity index (χ0n) is 20.0. The summed E-state index contributed by atoms with van der Waals surface area (Å²) in [5, 5.41) is 21.9. The van der Waals surface area contributed by atoms with Gasteiger partial charge in [0, 0.05) is 23.7 Å². The van der Waals surface area contributed by atoms with Gasteiger partial charge in [0.05, 0.1) is 24.7 Å². The van der Waals surface area contributed by atoms with Crippen molar-refractivity contribution in [3.05, 3.63) is 89.8 Å². The lowest BCUT2D eigenvalue weighted by molar-refractivity contribution is -0.0458. The Bertz CT molecular complexity index is 1540. The van der Waals surface area contributed by atoms with E-state index in [0.717, 1.165) is 12.6 Å². The number of halogens is 2. The van der Waals surface area contributed by atoms with E-state index in [1.54, 1.807) is 55.6 Å². The number of nitrogens with zero attached hydrogens (tertiary/aromatic N) is 3. The van der Waals surface area contributed by atoms with Crippen LogP contribution in [0.4, 0.5) is 20.4 Å². The number of rotatable bonds is 8. The van der Waals surface area contributed by atoms with E-state index >= 15 is 0 Å². The number of imidazole rings is 1. The molecule has 0 aliphatic carbocycles. The Morgan fingerprint density at radius 3 is 2.49 bits per heavy atom. The van der Waals surface area contributed by atoms with Gasteiger partial charge in [0.15, 0.2) is 6.29 Å². The highest BCUT2D eigenvalue weighted by molar-refractivity contribution is 5.84. The normalized spacial score (nSPS) is 11.9. The van der Waals surface area contributed by atoms with Crippen LogP contribution in [0.3, 0.4) is 0 Å². The number of methoxy groups -OCH3 is 1. The SMILES string of the molecule is COc1ccc(Nc2nc3cc(-c4nc(C(O)O)co4)ccc3n2Cc2ccccc2C(C)(F)F)cc1. The molecule has 0 spiro atoms. The molecule has 5 rings (SSSR count). The molecule has 10 heteroatoms. The van der Waals surface area contributed by atoms with Gasteiger partial charge in [-0.15, -0.1) is 0 Å². The Labute approximate surface area is 210 Å². The highest BCUT2D eigenvalue weighted by atomic mass is 19.3. The molecule has 3 N–H and O–H groups in total. The van der Waals surface area contributed by atoms with Crippen molar-refractivity contribution in [2.75, 3.05) is 12.4 Å². The summed E-state index contributed by atoms with van der Waals surface area (Å²) in [5.41, 5.74) is 2.96. The van der Waals surface area contributed by atoms with Crippen LogP contribution in [0.15, 0.2) is 77.4 Å². The minimum absolute atomic E-state index is 0.0143. The van der Waals surface area contributed by atoms with Crippen LogP contribution in [-0.2, 0) is 12.5 Å². The molecule has 0 fully saturated rings. The van der Waals surface area contributed by atoms with Crippen molar-refractivity contribution in [1.82, 2.24) is 14.5 Å². The number of ether oxygens (including phenoxy) is 1. The van der Waals surface area contributed by atoms with Gasteiger partial charge in [0.25, 0.3) is 5.92 Å². The van der Waals surface area contributed by atoms with Crippen LogP contribution in [0.5, 0.6) is 5.75 Å². The molecule has 0 saturated heterocycles. The molecule has 2 heterocycles. The Morgan fingerprint density at radius 1 is 1.05 bits per heavy atom. The summed E-state index contributed by atoms with van der Waals surface area (Å²) >= 11 is 0. The first-order valence-corrected chi connectivity index (χ1v) is 11.4. The Balaban J connectivity index is 1.60. The van der Waals surface area contributed by atoms with Crippen LogP contribution in [0.2, 0.25) is 0 Å². The first-order chi connectivity index (χ1) is 17.7. The lowest BCUT2D eigenvalue weighted by atomic mass is 10.0. The van der Waals surface area contributed by atoms with Crippen LogP contribution in [0, 0.1) is 0 Å². The second kappa shape index (κ2) is 9.64. The Morgan fingerprint density at radius 2 is 1.81 bits per heavy atom. The highest BCUT2D eigenvalue weighted by Gasteiger charge is 2.27. The molecule has 0 unspecified atom stereocenters. The van der Waals surface area contributed by atoms with E-state index in [1.807, 2.05) is 16.7 Å². The van der Waals surface area contributed by atoms with Crippen molar-refractivity contribution in [3.8, 4) is 17.2 Å². The molecule has 2 aromatic heterocycles. The third-order valence-electron chi connectivity index (χ3n) is 5.95. The van der Waals surface area contributed by atoms with Gasteiger partial charge in [-0.1, -0.05) is 24.3 Å². The first-order valence-electron chi connectivity index (χ1n) is 11.4. The summed E-state index contributed by atoms with van der Waals surface area (Å²) < 4.78 is 41.2. The molecule has 5 aromatic rings. The molecular formula is C27H24F2N4O4. The van der Waals surface area contributed by atoms with E-state index < -0.39 is 12.2 Å². The fourth-order valence-electron chi connectivity index (χ4n) is 4.12. The molecule has 0 radical (unpaired) electrons. The number of fused-ring (bicyclic) bond motifs is 1. The maximum Gasteiger partial charge on any atom is 0.270 e. The fourth-order valence-corrected chi connectivity index (χ4v) is 4.12. The summed E-state index contributed by atoms with van der Waals surface area (Å²) in [7, 11) is 1.58. The number of anilines is 2. The van der Waals surface area contributed by atoms with Gasteiger partial charge in [-0.3, -0.25) is 0 Å². The predicted octanol–water partition coefficient (Wildman–Crippen LogP) is 5.59. The van der Waals surface area contributed by atoms with Gasteiger partial charge in [0.1, 0.15) is 17.7 Å². The van der Waals surface area contributed by atoms with Gasteiger partial charge in [-0.05, 0) is 48.0 Å². The number of hydrogen-bond acceptors (Lipinski definition) is 7. The second-order valence-corrected chi connectivity index (χ2v) is 8.58. The van der Waals surface area contributed by atoms with Crippen LogP contribution < -0.4 is 10.1 Å². The van der Waals surface area contributed by atoms with E-state index in [1.165, 1.54) is 12.3 Å². The number of oxazole rings is 1. The molecule has 0 bridgehead atoms. The molecular weight excluding hydrogens is 482 g/mol. The smallest absolute Gasteiger partial charge is 0.270 e. The summed E-state index contributed by atoms with van der Waals surface area (Å²) in [6.07, 6.45) is -0.584. The van der Waals surface area contributed by atoms with Crippen molar-refractivity contribution in [1.29, 1.82) is 0 Å². The van der Waals surface area contributed by atoms with E-state index in [0.29, 0.717) is 33.9 Å². The fraction of sp³-hybridized carbons (Fsp3) is 0.185. The number of nitrogens with one attached hydrogen (secondary N) is 1. The molecule has 0 amide bonds. The molecule has 190 valence electrons. The van der Waals surface area contributed by atoms with Crippen molar-refractivity contribution >= 4 is 22.7 Å². The molecule has 0 aliphatic heterocycles. The van der Waals surface area contributed by atoms with Gasteiger partial charge >= 0.3 is 0 Å². The van der Waals surface area contributed by atoms with Crippen molar-refractivity contribution in [2.45, 2.75) is 25.7 Å². The average Bonchev–Trinajstić information content (AvgIpc) is 3.50. The number of hydrogen-bond donors (Lipinski definition) is 3. The monoisotopic (exact) mass is 506 g/mol. The van der Waals surface area contributed by atoms with Gasteiger partial charge in [0.2, 0.25) is 11.8 Å². The minimum atomic E-state index is -3.01. The summed E-state index contributed by atoms with van der Waals surface area (Å²) in [4.78, 5) is 8.83. The minimum Gasteiger partial charge on any atom is -0.497 e.